The van der Waals surface area contributed by atoms with Crippen LogP contribution in [-0.4, -0.2) is 57.5 Å². The van der Waals surface area contributed by atoms with E-state index in [1.807, 2.05) is 19.9 Å². The number of benzene rings is 1. The number of aryl methyl sites for hydroxylation is 2. The van der Waals surface area contributed by atoms with E-state index >= 15 is 0 Å². The van der Waals surface area contributed by atoms with Crippen molar-refractivity contribution in [3.05, 3.63) is 53.1 Å². The average Bonchev–Trinajstić information content (AvgIpc) is 3.15. The van der Waals surface area contributed by atoms with Crippen LogP contribution in [-0.2, 0) is 10.5 Å². The van der Waals surface area contributed by atoms with E-state index < -0.39 is 12.3 Å². The van der Waals surface area contributed by atoms with Crippen molar-refractivity contribution in [1.29, 1.82) is 0 Å². The summed E-state index contributed by atoms with van der Waals surface area (Å²) in [5.41, 5.74) is 2.52. The highest BCUT2D eigenvalue weighted by Gasteiger charge is 2.31. The lowest BCUT2D eigenvalue weighted by atomic mass is 10.2. The molecule has 0 aliphatic carbocycles. The molecule has 3 rings (SSSR count). The molecule has 13 heteroatoms. The molecule has 0 saturated heterocycles. The Balaban J connectivity index is 1.90. The van der Waals surface area contributed by atoms with Gasteiger partial charge in [0.15, 0.2) is 10.9 Å². The molecule has 0 spiro atoms. The monoisotopic (exact) mass is 482 g/mol. The van der Waals surface area contributed by atoms with Crippen molar-refractivity contribution in [2.75, 3.05) is 20.3 Å². The predicted molar refractivity (Wildman–Crippen MR) is 113 cm³/mol. The Morgan fingerprint density at radius 3 is 2.42 bits per heavy atom. The zero-order valence-corrected chi connectivity index (χ0v) is 18.8. The van der Waals surface area contributed by atoms with Crippen LogP contribution >= 0.6 is 11.8 Å². The molecular weight excluding hydrogens is 461 g/mol. The van der Waals surface area contributed by atoms with E-state index in [1.165, 1.54) is 35.7 Å². The molecule has 2 heterocycles. The van der Waals surface area contributed by atoms with E-state index in [0.29, 0.717) is 23.1 Å². The second-order valence-corrected chi connectivity index (χ2v) is 7.75. The van der Waals surface area contributed by atoms with Crippen LogP contribution in [0, 0.1) is 13.8 Å². The minimum absolute atomic E-state index is 0.0820. The number of nitrogens with one attached hydrogen (secondary N) is 1. The molecule has 9 nitrogen and oxygen atoms in total. The molecule has 0 unspecified atom stereocenters. The Kier molecular flexibility index (Phi) is 7.87. The van der Waals surface area contributed by atoms with E-state index in [9.17, 15) is 18.0 Å². The molecule has 0 atom stereocenters. The second-order valence-electron chi connectivity index (χ2n) is 6.81. The molecule has 0 fully saturated rings. The second kappa shape index (κ2) is 10.6. The molecule has 1 amide bonds. The number of alkyl halides is 3. The number of carbonyl (C=O) groups is 1. The Morgan fingerprint density at radius 1 is 1.15 bits per heavy atom. The van der Waals surface area contributed by atoms with Gasteiger partial charge in [0, 0.05) is 30.8 Å². The highest BCUT2D eigenvalue weighted by molar-refractivity contribution is 7.98. The summed E-state index contributed by atoms with van der Waals surface area (Å²) >= 11 is 1.29. The molecule has 0 radical (unpaired) electrons. The van der Waals surface area contributed by atoms with Gasteiger partial charge in [0.2, 0.25) is 0 Å². The normalized spacial score (nSPS) is 11.5. The van der Waals surface area contributed by atoms with Crippen molar-refractivity contribution in [1.82, 2.24) is 30.3 Å². The first-order valence-corrected chi connectivity index (χ1v) is 10.7. The van der Waals surface area contributed by atoms with E-state index in [4.69, 9.17) is 4.74 Å². The van der Waals surface area contributed by atoms with Gasteiger partial charge in [-0.05, 0) is 44.2 Å². The summed E-state index contributed by atoms with van der Waals surface area (Å²) in [6.45, 7) is 4.30. The zero-order chi connectivity index (χ0) is 24.0. The van der Waals surface area contributed by atoms with Crippen molar-refractivity contribution < 1.29 is 27.4 Å². The van der Waals surface area contributed by atoms with Crippen LogP contribution in [0.4, 0.5) is 13.2 Å². The number of hydrogen-bond acceptors (Lipinski definition) is 8. The van der Waals surface area contributed by atoms with E-state index in [2.05, 4.69) is 30.3 Å². The maximum Gasteiger partial charge on any atom is 0.573 e. The van der Waals surface area contributed by atoms with Crippen molar-refractivity contribution >= 4 is 17.7 Å². The average molecular weight is 482 g/mol. The number of methoxy groups -OCH3 is 1. The van der Waals surface area contributed by atoms with Crippen LogP contribution in [0.1, 0.15) is 27.6 Å². The highest BCUT2D eigenvalue weighted by Crippen LogP contribution is 2.26. The van der Waals surface area contributed by atoms with Crippen LogP contribution in [0.5, 0.6) is 5.75 Å². The predicted octanol–water partition coefficient (Wildman–Crippen LogP) is 3.24. The van der Waals surface area contributed by atoms with Crippen LogP contribution < -0.4 is 10.1 Å². The summed E-state index contributed by atoms with van der Waals surface area (Å²) in [6.07, 6.45) is -4.80. The first-order valence-electron chi connectivity index (χ1n) is 9.69. The van der Waals surface area contributed by atoms with Gasteiger partial charge in [-0.2, -0.15) is 0 Å². The lowest BCUT2D eigenvalue weighted by Gasteiger charge is -2.11. The summed E-state index contributed by atoms with van der Waals surface area (Å²) in [5, 5.41) is 11.2. The fraction of sp³-hybridized carbons (Fsp3) is 0.350. The van der Waals surface area contributed by atoms with Crippen LogP contribution in [0.2, 0.25) is 0 Å². The SMILES string of the molecule is COCCNC(=O)c1nnn(-c2ccc(OC(F)(F)F)cc2)c1CSc1nc(C)cc(C)n1. The number of rotatable bonds is 9. The molecular formula is C20H21F3N6O3S. The maximum absolute atomic E-state index is 12.6. The largest absolute Gasteiger partial charge is 0.573 e. The molecule has 3 aromatic rings. The molecule has 0 bridgehead atoms. The summed E-state index contributed by atoms with van der Waals surface area (Å²) in [7, 11) is 1.51. The third kappa shape index (κ3) is 6.89. The Hall–Kier alpha value is -3.19. The zero-order valence-electron chi connectivity index (χ0n) is 18.0. The molecule has 0 saturated carbocycles. The minimum atomic E-state index is -4.80. The Bertz CT molecular complexity index is 1090. The van der Waals surface area contributed by atoms with Crippen LogP contribution in [0.25, 0.3) is 5.69 Å². The molecule has 176 valence electrons. The summed E-state index contributed by atoms with van der Waals surface area (Å²) in [4.78, 5) is 21.4. The first-order chi connectivity index (χ1) is 15.7. The van der Waals surface area contributed by atoms with Gasteiger partial charge in [0.1, 0.15) is 5.75 Å². The number of thioether (sulfide) groups is 1. The number of hydrogen-bond donors (Lipinski definition) is 1. The lowest BCUT2D eigenvalue weighted by molar-refractivity contribution is -0.274. The number of aromatic nitrogens is 5. The quantitative estimate of drug-likeness (QED) is 0.282. The summed E-state index contributed by atoms with van der Waals surface area (Å²) < 4.78 is 47.6. The Morgan fingerprint density at radius 2 is 1.82 bits per heavy atom. The third-order valence-corrected chi connectivity index (χ3v) is 5.04. The van der Waals surface area contributed by atoms with Crippen LogP contribution in [0.3, 0.4) is 0 Å². The molecule has 2 aromatic heterocycles. The van der Waals surface area contributed by atoms with Gasteiger partial charge < -0.3 is 14.8 Å². The van der Waals surface area contributed by atoms with Gasteiger partial charge >= 0.3 is 6.36 Å². The molecule has 0 aliphatic heterocycles. The van der Waals surface area contributed by atoms with Gasteiger partial charge in [-0.15, -0.1) is 18.3 Å². The number of carbonyl (C=O) groups excluding carboxylic acids is 1. The highest BCUT2D eigenvalue weighted by atomic mass is 32.2. The Labute approximate surface area is 191 Å². The van der Waals surface area contributed by atoms with Crippen molar-refractivity contribution in [3.8, 4) is 11.4 Å². The van der Waals surface area contributed by atoms with Gasteiger partial charge in [0.05, 0.1) is 18.0 Å². The van der Waals surface area contributed by atoms with E-state index in [0.717, 1.165) is 23.5 Å². The molecule has 0 aliphatic rings. The van der Waals surface area contributed by atoms with Gasteiger partial charge in [-0.1, -0.05) is 17.0 Å². The molecule has 1 N–H and O–H groups in total. The number of ether oxygens (including phenoxy) is 2. The number of halogens is 3. The summed E-state index contributed by atoms with van der Waals surface area (Å²) in [5.74, 6) is -0.584. The smallest absolute Gasteiger partial charge is 0.406 e. The third-order valence-electron chi connectivity index (χ3n) is 4.18. The molecule has 1 aromatic carbocycles. The summed E-state index contributed by atoms with van der Waals surface area (Å²) in [6, 6.07) is 6.95. The standard InChI is InChI=1S/C20H21F3N6O3S/c1-12-10-13(2)26-19(25-12)33-11-16-17(18(30)24-8-9-31-3)27-28-29(16)14-4-6-15(7-5-14)32-20(21,22)23/h4-7,10H,8-9,11H2,1-3H3,(H,24,30). The first kappa shape index (κ1) is 24.5. The van der Waals surface area contributed by atoms with Crippen molar-refractivity contribution in [2.24, 2.45) is 0 Å². The van der Waals surface area contributed by atoms with E-state index in [-0.39, 0.29) is 23.7 Å². The minimum Gasteiger partial charge on any atom is -0.406 e. The molecule has 33 heavy (non-hydrogen) atoms. The van der Waals surface area contributed by atoms with Crippen molar-refractivity contribution in [2.45, 2.75) is 31.1 Å². The van der Waals surface area contributed by atoms with Gasteiger partial charge in [-0.25, -0.2) is 14.6 Å². The van der Waals surface area contributed by atoms with Gasteiger partial charge in [-0.3, -0.25) is 4.79 Å². The van der Waals surface area contributed by atoms with Crippen molar-refractivity contribution in [3.63, 3.8) is 0 Å². The maximum atomic E-state index is 12.6. The van der Waals surface area contributed by atoms with Gasteiger partial charge in [0.25, 0.3) is 5.91 Å². The van der Waals surface area contributed by atoms with Crippen LogP contribution in [0.15, 0.2) is 35.5 Å². The lowest BCUT2D eigenvalue weighted by Crippen LogP contribution is -2.28. The number of nitrogens with zero attached hydrogens (tertiary/aromatic N) is 5. The number of amides is 1. The van der Waals surface area contributed by atoms with E-state index in [1.54, 1.807) is 0 Å². The topological polar surface area (TPSA) is 104 Å². The fourth-order valence-electron chi connectivity index (χ4n) is 2.85. The fourth-order valence-corrected chi connectivity index (χ4v) is 3.79.